The Morgan fingerprint density at radius 2 is 2.35 bits per heavy atom. The third kappa shape index (κ3) is 2.67. The van der Waals surface area contributed by atoms with E-state index in [0.717, 1.165) is 36.3 Å². The first-order valence-corrected chi connectivity index (χ1v) is 7.04. The van der Waals surface area contributed by atoms with Gasteiger partial charge in [0, 0.05) is 13.2 Å². The molecule has 5 nitrogen and oxygen atoms in total. The van der Waals surface area contributed by atoms with Crippen LogP contribution < -0.4 is 5.32 Å². The van der Waals surface area contributed by atoms with Gasteiger partial charge in [-0.1, -0.05) is 12.1 Å². The minimum atomic E-state index is 0.00625. The molecule has 0 spiro atoms. The number of carbonyl (C=O) groups is 1. The number of imidazole rings is 1. The van der Waals surface area contributed by atoms with Gasteiger partial charge in [0.15, 0.2) is 0 Å². The lowest BCUT2D eigenvalue weighted by Crippen LogP contribution is -2.34. The number of aromatic nitrogens is 2. The summed E-state index contributed by atoms with van der Waals surface area (Å²) in [6.45, 7) is 3.64. The van der Waals surface area contributed by atoms with E-state index < -0.39 is 0 Å². The molecule has 1 fully saturated rings. The number of ether oxygens (including phenoxy) is 1. The van der Waals surface area contributed by atoms with E-state index in [2.05, 4.69) is 10.3 Å². The molecule has 1 atom stereocenters. The quantitative estimate of drug-likeness (QED) is 0.921. The molecule has 2 heterocycles. The van der Waals surface area contributed by atoms with Gasteiger partial charge >= 0.3 is 0 Å². The van der Waals surface area contributed by atoms with E-state index >= 15 is 0 Å². The number of rotatable bonds is 4. The Hall–Kier alpha value is -1.88. The van der Waals surface area contributed by atoms with E-state index in [1.165, 1.54) is 0 Å². The molecule has 1 amide bonds. The number of nitrogens with zero attached hydrogens (tertiary/aromatic N) is 2. The number of carbonyl (C=O) groups excluding carboxylic acids is 1. The SMILES string of the molecule is Cc1nc2ccccc2n1CC(=O)NC[C@H]1CCCO1. The van der Waals surface area contributed by atoms with Crippen LogP contribution in [0.1, 0.15) is 18.7 Å². The summed E-state index contributed by atoms with van der Waals surface area (Å²) in [4.78, 5) is 16.5. The molecule has 5 heteroatoms. The topological polar surface area (TPSA) is 56.2 Å². The van der Waals surface area contributed by atoms with Gasteiger partial charge in [0.2, 0.25) is 5.91 Å². The van der Waals surface area contributed by atoms with Gasteiger partial charge in [-0.2, -0.15) is 0 Å². The molecule has 1 aliphatic heterocycles. The molecule has 3 rings (SSSR count). The summed E-state index contributed by atoms with van der Waals surface area (Å²) in [5.74, 6) is 0.866. The molecule has 1 N–H and O–H groups in total. The monoisotopic (exact) mass is 273 g/mol. The molecule has 0 bridgehead atoms. The van der Waals surface area contributed by atoms with Crippen LogP contribution >= 0.6 is 0 Å². The van der Waals surface area contributed by atoms with Crippen LogP contribution in [0, 0.1) is 6.92 Å². The Balaban J connectivity index is 1.66. The van der Waals surface area contributed by atoms with E-state index in [1.807, 2.05) is 35.8 Å². The lowest BCUT2D eigenvalue weighted by Gasteiger charge is -2.12. The van der Waals surface area contributed by atoms with Crippen molar-refractivity contribution in [3.05, 3.63) is 30.1 Å². The van der Waals surface area contributed by atoms with E-state index in [9.17, 15) is 4.79 Å². The fraction of sp³-hybridized carbons (Fsp3) is 0.467. The van der Waals surface area contributed by atoms with Gasteiger partial charge < -0.3 is 14.6 Å². The summed E-state index contributed by atoms with van der Waals surface area (Å²) in [5.41, 5.74) is 1.93. The van der Waals surface area contributed by atoms with E-state index in [4.69, 9.17) is 4.74 Å². The molecular formula is C15H19N3O2. The molecule has 1 saturated heterocycles. The van der Waals surface area contributed by atoms with Crippen LogP contribution in [0.5, 0.6) is 0 Å². The van der Waals surface area contributed by atoms with Crippen LogP contribution in [0.4, 0.5) is 0 Å². The van der Waals surface area contributed by atoms with Crippen molar-refractivity contribution in [3.63, 3.8) is 0 Å². The summed E-state index contributed by atoms with van der Waals surface area (Å²) >= 11 is 0. The smallest absolute Gasteiger partial charge is 0.240 e. The fourth-order valence-corrected chi connectivity index (χ4v) is 2.63. The maximum Gasteiger partial charge on any atom is 0.240 e. The highest BCUT2D eigenvalue weighted by Gasteiger charge is 2.17. The molecule has 2 aromatic rings. The lowest BCUT2D eigenvalue weighted by atomic mass is 10.2. The average Bonchev–Trinajstić information content (AvgIpc) is 3.06. The van der Waals surface area contributed by atoms with Gasteiger partial charge in [0.25, 0.3) is 0 Å². The van der Waals surface area contributed by atoms with Gasteiger partial charge in [-0.05, 0) is 31.9 Å². The Morgan fingerprint density at radius 1 is 1.50 bits per heavy atom. The summed E-state index contributed by atoms with van der Waals surface area (Å²) < 4.78 is 7.44. The van der Waals surface area contributed by atoms with Crippen molar-refractivity contribution in [1.29, 1.82) is 0 Å². The first-order valence-electron chi connectivity index (χ1n) is 7.04. The number of para-hydroxylation sites is 2. The van der Waals surface area contributed by atoms with Gasteiger partial charge in [0.05, 0.1) is 17.1 Å². The van der Waals surface area contributed by atoms with Crippen LogP contribution in [0.25, 0.3) is 11.0 Å². The molecule has 20 heavy (non-hydrogen) atoms. The molecule has 1 aliphatic rings. The second-order valence-electron chi connectivity index (χ2n) is 5.17. The maximum absolute atomic E-state index is 12.0. The number of nitrogens with one attached hydrogen (secondary N) is 1. The van der Waals surface area contributed by atoms with Gasteiger partial charge in [-0.3, -0.25) is 4.79 Å². The van der Waals surface area contributed by atoms with Crippen molar-refractivity contribution in [1.82, 2.24) is 14.9 Å². The number of fused-ring (bicyclic) bond motifs is 1. The molecule has 0 unspecified atom stereocenters. The Kier molecular flexibility index (Phi) is 3.69. The summed E-state index contributed by atoms with van der Waals surface area (Å²) in [6, 6.07) is 7.87. The number of hydrogen-bond donors (Lipinski definition) is 1. The van der Waals surface area contributed by atoms with Gasteiger partial charge in [-0.25, -0.2) is 4.98 Å². The summed E-state index contributed by atoms with van der Waals surface area (Å²) in [6.07, 6.45) is 2.30. The minimum Gasteiger partial charge on any atom is -0.376 e. The van der Waals surface area contributed by atoms with Crippen molar-refractivity contribution in [2.45, 2.75) is 32.4 Å². The van der Waals surface area contributed by atoms with Gasteiger partial charge in [-0.15, -0.1) is 0 Å². The zero-order chi connectivity index (χ0) is 13.9. The normalized spacial score (nSPS) is 18.6. The Labute approximate surface area is 117 Å². The molecule has 0 aliphatic carbocycles. The molecular weight excluding hydrogens is 254 g/mol. The second-order valence-corrected chi connectivity index (χ2v) is 5.17. The minimum absolute atomic E-state index is 0.00625. The van der Waals surface area contributed by atoms with Crippen LogP contribution in [0.15, 0.2) is 24.3 Å². The van der Waals surface area contributed by atoms with Gasteiger partial charge in [0.1, 0.15) is 12.4 Å². The Bertz CT molecular complexity index is 615. The van der Waals surface area contributed by atoms with Crippen LogP contribution in [-0.2, 0) is 16.1 Å². The number of amides is 1. The highest BCUT2D eigenvalue weighted by molar-refractivity contribution is 5.81. The maximum atomic E-state index is 12.0. The zero-order valence-corrected chi connectivity index (χ0v) is 11.6. The van der Waals surface area contributed by atoms with Crippen LogP contribution in [0.2, 0.25) is 0 Å². The highest BCUT2D eigenvalue weighted by Crippen LogP contribution is 2.15. The Morgan fingerprint density at radius 3 is 3.15 bits per heavy atom. The zero-order valence-electron chi connectivity index (χ0n) is 11.6. The van der Waals surface area contributed by atoms with Crippen molar-refractivity contribution in [3.8, 4) is 0 Å². The number of aryl methyl sites for hydroxylation is 1. The number of hydrogen-bond acceptors (Lipinski definition) is 3. The largest absolute Gasteiger partial charge is 0.376 e. The third-order valence-electron chi connectivity index (χ3n) is 3.70. The van der Waals surface area contributed by atoms with E-state index in [-0.39, 0.29) is 12.0 Å². The van der Waals surface area contributed by atoms with E-state index in [0.29, 0.717) is 13.1 Å². The second kappa shape index (κ2) is 5.63. The number of benzene rings is 1. The molecule has 1 aromatic carbocycles. The fourth-order valence-electron chi connectivity index (χ4n) is 2.63. The van der Waals surface area contributed by atoms with Crippen LogP contribution in [0.3, 0.4) is 0 Å². The van der Waals surface area contributed by atoms with Crippen molar-refractivity contribution < 1.29 is 9.53 Å². The molecule has 106 valence electrons. The predicted molar refractivity (Wildman–Crippen MR) is 76.5 cm³/mol. The molecule has 0 radical (unpaired) electrons. The molecule has 1 aromatic heterocycles. The summed E-state index contributed by atoms with van der Waals surface area (Å²) in [7, 11) is 0. The highest BCUT2D eigenvalue weighted by atomic mass is 16.5. The first kappa shape index (κ1) is 13.1. The summed E-state index contributed by atoms with van der Waals surface area (Å²) in [5, 5.41) is 2.94. The predicted octanol–water partition coefficient (Wildman–Crippen LogP) is 1.64. The van der Waals surface area contributed by atoms with Crippen LogP contribution in [-0.4, -0.2) is 34.7 Å². The lowest BCUT2D eigenvalue weighted by molar-refractivity contribution is -0.122. The first-order chi connectivity index (χ1) is 9.74. The average molecular weight is 273 g/mol. The van der Waals surface area contributed by atoms with Crippen molar-refractivity contribution >= 4 is 16.9 Å². The van der Waals surface area contributed by atoms with Crippen molar-refractivity contribution in [2.75, 3.05) is 13.2 Å². The van der Waals surface area contributed by atoms with E-state index in [1.54, 1.807) is 0 Å². The van der Waals surface area contributed by atoms with Crippen molar-refractivity contribution in [2.24, 2.45) is 0 Å². The standard InChI is InChI=1S/C15H19N3O2/c1-11-17-13-6-2-3-7-14(13)18(11)10-15(19)16-9-12-5-4-8-20-12/h2-3,6-7,12H,4-5,8-10H2,1H3,(H,16,19)/t12-/m1/s1. The molecule has 0 saturated carbocycles. The third-order valence-corrected chi connectivity index (χ3v) is 3.70.